The van der Waals surface area contributed by atoms with Crippen LogP contribution < -0.4 is 9.47 Å². The lowest BCUT2D eigenvalue weighted by Gasteiger charge is -2.41. The first-order valence-corrected chi connectivity index (χ1v) is 10.1. The largest absolute Gasteiger partial charge is 0.496 e. The average molecular weight is 402 g/mol. The number of Topliss-reactive ketones (excluding diaryl/α,β-unsaturated/α-hetero) is 1. The molecule has 0 aromatic heterocycles. The van der Waals surface area contributed by atoms with Crippen LogP contribution in [0, 0.1) is 11.8 Å². The standard InChI is InChI=1S/C22H26O7/c1-3-13-8-15-19(10-18(13)29-12-21(23)25-2)28-11-16(22(15)24)14-4-5-17-20(9-14)27-7-6-26-17/h4-5,9,11,13,15,18-19H,3,6-8,10,12H2,1-2H3. The van der Waals surface area contributed by atoms with Crippen molar-refractivity contribution < 1.29 is 33.3 Å². The van der Waals surface area contributed by atoms with Gasteiger partial charge in [-0.3, -0.25) is 4.79 Å². The molecule has 1 saturated carbocycles. The molecule has 0 radical (unpaired) electrons. The molecule has 2 aliphatic heterocycles. The van der Waals surface area contributed by atoms with Crippen LogP contribution in [0.5, 0.6) is 11.5 Å². The molecule has 1 fully saturated rings. The van der Waals surface area contributed by atoms with Crippen molar-refractivity contribution in [2.24, 2.45) is 11.8 Å². The molecule has 1 aromatic carbocycles. The molecule has 7 heteroatoms. The van der Waals surface area contributed by atoms with Gasteiger partial charge >= 0.3 is 5.97 Å². The summed E-state index contributed by atoms with van der Waals surface area (Å²) in [5, 5.41) is 0. The van der Waals surface area contributed by atoms with E-state index in [1.807, 2.05) is 18.2 Å². The molecule has 1 aliphatic carbocycles. The van der Waals surface area contributed by atoms with E-state index < -0.39 is 5.97 Å². The van der Waals surface area contributed by atoms with Crippen LogP contribution in [-0.2, 0) is 23.8 Å². The minimum atomic E-state index is -0.400. The number of carbonyl (C=O) groups excluding carboxylic acids is 2. The molecule has 0 saturated heterocycles. The van der Waals surface area contributed by atoms with Crippen molar-refractivity contribution in [1.82, 2.24) is 0 Å². The van der Waals surface area contributed by atoms with E-state index in [2.05, 4.69) is 11.7 Å². The number of ketones is 1. The van der Waals surface area contributed by atoms with Crippen LogP contribution in [0.25, 0.3) is 5.57 Å². The second-order valence-corrected chi connectivity index (χ2v) is 7.60. The second kappa shape index (κ2) is 8.45. The monoisotopic (exact) mass is 402 g/mol. The average Bonchev–Trinajstić information content (AvgIpc) is 2.76. The van der Waals surface area contributed by atoms with Crippen LogP contribution in [0.2, 0.25) is 0 Å². The smallest absolute Gasteiger partial charge is 0.331 e. The molecular formula is C22H26O7. The van der Waals surface area contributed by atoms with E-state index in [0.29, 0.717) is 43.1 Å². The van der Waals surface area contributed by atoms with Crippen molar-refractivity contribution in [3.63, 3.8) is 0 Å². The minimum absolute atomic E-state index is 0.0821. The zero-order chi connectivity index (χ0) is 20.4. The van der Waals surface area contributed by atoms with Gasteiger partial charge in [0.05, 0.1) is 31.0 Å². The topological polar surface area (TPSA) is 80.3 Å². The van der Waals surface area contributed by atoms with E-state index >= 15 is 0 Å². The molecule has 0 N–H and O–H groups in total. The number of methoxy groups -OCH3 is 1. The number of hydrogen-bond donors (Lipinski definition) is 0. The van der Waals surface area contributed by atoms with Gasteiger partial charge in [-0.1, -0.05) is 19.4 Å². The first-order chi connectivity index (χ1) is 14.1. The third kappa shape index (κ3) is 3.96. The number of fused-ring (bicyclic) bond motifs is 2. The molecule has 7 nitrogen and oxygen atoms in total. The van der Waals surface area contributed by atoms with E-state index in [4.69, 9.17) is 18.9 Å². The highest BCUT2D eigenvalue weighted by Gasteiger charge is 2.44. The summed E-state index contributed by atoms with van der Waals surface area (Å²) in [4.78, 5) is 24.7. The van der Waals surface area contributed by atoms with Crippen molar-refractivity contribution in [3.05, 3.63) is 30.0 Å². The summed E-state index contributed by atoms with van der Waals surface area (Å²) >= 11 is 0. The molecule has 156 valence electrons. The molecule has 4 atom stereocenters. The predicted molar refractivity (Wildman–Crippen MR) is 104 cm³/mol. The minimum Gasteiger partial charge on any atom is -0.496 e. The van der Waals surface area contributed by atoms with Gasteiger partial charge in [-0.05, 0) is 30.0 Å². The number of rotatable bonds is 5. The van der Waals surface area contributed by atoms with Crippen LogP contribution >= 0.6 is 0 Å². The molecule has 2 heterocycles. The summed E-state index contributed by atoms with van der Waals surface area (Å²) in [7, 11) is 1.34. The van der Waals surface area contributed by atoms with Gasteiger partial charge < -0.3 is 23.7 Å². The summed E-state index contributed by atoms with van der Waals surface area (Å²) in [5.74, 6) is 0.998. The third-order valence-electron chi connectivity index (χ3n) is 5.98. The Labute approximate surface area is 169 Å². The third-order valence-corrected chi connectivity index (χ3v) is 5.98. The van der Waals surface area contributed by atoms with E-state index in [-0.39, 0.29) is 36.4 Å². The molecule has 29 heavy (non-hydrogen) atoms. The lowest BCUT2D eigenvalue weighted by atomic mass is 9.72. The zero-order valence-electron chi connectivity index (χ0n) is 16.7. The van der Waals surface area contributed by atoms with Gasteiger partial charge in [-0.25, -0.2) is 4.79 Å². The van der Waals surface area contributed by atoms with Crippen LogP contribution in [0.1, 0.15) is 31.7 Å². The molecule has 1 aromatic rings. The van der Waals surface area contributed by atoms with Crippen LogP contribution in [0.4, 0.5) is 0 Å². The van der Waals surface area contributed by atoms with Gasteiger partial charge in [0.15, 0.2) is 17.3 Å². The fourth-order valence-electron chi connectivity index (χ4n) is 4.34. The lowest BCUT2D eigenvalue weighted by Crippen LogP contribution is -2.46. The van der Waals surface area contributed by atoms with Gasteiger partial charge in [-0.15, -0.1) is 0 Å². The van der Waals surface area contributed by atoms with E-state index in [9.17, 15) is 9.59 Å². The fourth-order valence-corrected chi connectivity index (χ4v) is 4.34. The Bertz CT molecular complexity index is 815. The molecular weight excluding hydrogens is 376 g/mol. The molecule has 4 unspecified atom stereocenters. The van der Waals surface area contributed by atoms with Gasteiger partial charge in [0.1, 0.15) is 25.9 Å². The Balaban J connectivity index is 1.51. The van der Waals surface area contributed by atoms with Crippen molar-refractivity contribution in [2.45, 2.75) is 38.4 Å². The van der Waals surface area contributed by atoms with E-state index in [0.717, 1.165) is 12.0 Å². The number of esters is 1. The van der Waals surface area contributed by atoms with Crippen LogP contribution in [-0.4, -0.2) is 50.9 Å². The van der Waals surface area contributed by atoms with Crippen molar-refractivity contribution >= 4 is 17.3 Å². The van der Waals surface area contributed by atoms with Gasteiger partial charge in [0.25, 0.3) is 0 Å². The second-order valence-electron chi connectivity index (χ2n) is 7.60. The van der Waals surface area contributed by atoms with Gasteiger partial charge in [0, 0.05) is 6.42 Å². The van der Waals surface area contributed by atoms with Crippen molar-refractivity contribution in [1.29, 1.82) is 0 Å². The van der Waals surface area contributed by atoms with Crippen molar-refractivity contribution in [2.75, 3.05) is 26.9 Å². The van der Waals surface area contributed by atoms with Gasteiger partial charge in [0.2, 0.25) is 0 Å². The number of allylic oxidation sites excluding steroid dienone is 1. The maximum Gasteiger partial charge on any atom is 0.331 e. The van der Waals surface area contributed by atoms with E-state index in [1.54, 1.807) is 6.26 Å². The normalized spacial score (nSPS) is 28.1. The number of ether oxygens (including phenoxy) is 5. The fraction of sp³-hybridized carbons (Fsp3) is 0.545. The summed E-state index contributed by atoms with van der Waals surface area (Å²) in [6.45, 7) is 3.01. The summed E-state index contributed by atoms with van der Waals surface area (Å²) in [5.41, 5.74) is 1.34. The first kappa shape index (κ1) is 19.8. The maximum absolute atomic E-state index is 13.3. The number of benzene rings is 1. The Hall–Kier alpha value is -2.54. The van der Waals surface area contributed by atoms with E-state index in [1.165, 1.54) is 7.11 Å². The molecule has 4 rings (SSSR count). The SMILES string of the molecule is CCC1CC2C(=O)C(c3ccc4c(c3)OCCO4)=COC2CC1OCC(=O)OC. The highest BCUT2D eigenvalue weighted by Crippen LogP contribution is 2.42. The maximum atomic E-state index is 13.3. The first-order valence-electron chi connectivity index (χ1n) is 10.1. The number of hydrogen-bond acceptors (Lipinski definition) is 7. The Morgan fingerprint density at radius 2 is 1.97 bits per heavy atom. The quantitative estimate of drug-likeness (QED) is 0.701. The molecule has 0 amide bonds. The van der Waals surface area contributed by atoms with Crippen molar-refractivity contribution in [3.8, 4) is 11.5 Å². The summed E-state index contributed by atoms with van der Waals surface area (Å²) < 4.78 is 27.6. The number of carbonyl (C=O) groups is 2. The Kier molecular flexibility index (Phi) is 5.76. The zero-order valence-corrected chi connectivity index (χ0v) is 16.7. The Morgan fingerprint density at radius 3 is 2.72 bits per heavy atom. The van der Waals surface area contributed by atoms with Crippen LogP contribution in [0.15, 0.2) is 24.5 Å². The predicted octanol–water partition coefficient (Wildman–Crippen LogP) is 2.76. The molecule has 0 bridgehead atoms. The van der Waals surface area contributed by atoms with Crippen LogP contribution in [0.3, 0.4) is 0 Å². The van der Waals surface area contributed by atoms with Gasteiger partial charge in [-0.2, -0.15) is 0 Å². The summed E-state index contributed by atoms with van der Waals surface area (Å²) in [6, 6.07) is 5.53. The highest BCUT2D eigenvalue weighted by atomic mass is 16.6. The lowest BCUT2D eigenvalue weighted by molar-refractivity contribution is -0.154. The molecule has 0 spiro atoms. The summed E-state index contributed by atoms with van der Waals surface area (Å²) in [6.07, 6.45) is 3.31. The highest BCUT2D eigenvalue weighted by molar-refractivity contribution is 6.22. The molecule has 3 aliphatic rings. The Morgan fingerprint density at radius 1 is 1.17 bits per heavy atom.